The van der Waals surface area contributed by atoms with Crippen LogP contribution in [0.25, 0.3) is 0 Å². The van der Waals surface area contributed by atoms with Crippen molar-refractivity contribution in [2.45, 2.75) is 33.1 Å². The zero-order valence-electron chi connectivity index (χ0n) is 10.5. The summed E-state index contributed by atoms with van der Waals surface area (Å²) in [6.45, 7) is 0. The Balaban J connectivity index is 2.33. The van der Waals surface area contributed by atoms with Crippen molar-refractivity contribution in [3.05, 3.63) is 23.8 Å². The zero-order chi connectivity index (χ0) is 16.7. The van der Waals surface area contributed by atoms with Crippen LogP contribution in [-0.4, -0.2) is 28.0 Å². The van der Waals surface area contributed by atoms with E-state index < -0.39 is 35.2 Å². The first-order valence-electron chi connectivity index (χ1n) is 5.82. The van der Waals surface area contributed by atoms with Crippen molar-refractivity contribution in [1.29, 1.82) is 0 Å². The molecule has 0 bridgehead atoms. The number of fused-ring (bicyclic) bond motifs is 1. The van der Waals surface area contributed by atoms with E-state index in [2.05, 4.69) is 0 Å². The monoisotopic (exact) mass is 362 g/mol. The van der Waals surface area contributed by atoms with Crippen LogP contribution in [0.15, 0.2) is 28.0 Å². The van der Waals surface area contributed by atoms with Crippen molar-refractivity contribution < 1.29 is 36.2 Å². The van der Waals surface area contributed by atoms with Crippen molar-refractivity contribution in [3.63, 3.8) is 0 Å². The smallest absolute Gasteiger partial charge is 0.446 e. The van der Waals surface area contributed by atoms with E-state index in [0.29, 0.717) is 11.8 Å². The van der Waals surface area contributed by atoms with Gasteiger partial charge in [-0.25, -0.2) is 0 Å². The lowest BCUT2D eigenvalue weighted by Crippen LogP contribution is -2.41. The van der Waals surface area contributed by atoms with E-state index in [1.807, 2.05) is 0 Å². The van der Waals surface area contributed by atoms with Gasteiger partial charge >= 0.3 is 17.7 Å². The fourth-order valence-corrected chi connectivity index (χ4v) is 3.93. The standard InChI is InChI=1S/C12H8F6O2S2/c13-11(14,15)9-7(10(19)20)4-5-3-6(22-12(16,17)18)1-2-8(5)21-9/h1-3,7,9H,4H2,(H,19,20)/t7-,9-/m0/s1. The molecule has 0 aliphatic carbocycles. The second-order valence-electron chi connectivity index (χ2n) is 4.55. The van der Waals surface area contributed by atoms with Crippen molar-refractivity contribution in [2.24, 2.45) is 5.92 Å². The van der Waals surface area contributed by atoms with Crippen LogP contribution >= 0.6 is 23.5 Å². The van der Waals surface area contributed by atoms with Crippen molar-refractivity contribution in [3.8, 4) is 0 Å². The number of thioether (sulfide) groups is 2. The number of alkyl halides is 6. The summed E-state index contributed by atoms with van der Waals surface area (Å²) in [6.07, 6.45) is -5.15. The summed E-state index contributed by atoms with van der Waals surface area (Å²) < 4.78 is 75.7. The van der Waals surface area contributed by atoms with Crippen LogP contribution in [0.3, 0.4) is 0 Å². The highest BCUT2D eigenvalue weighted by molar-refractivity contribution is 8.00. The topological polar surface area (TPSA) is 37.3 Å². The second-order valence-corrected chi connectivity index (χ2v) is 6.87. The molecule has 1 aliphatic heterocycles. The number of aliphatic carboxylic acids is 1. The van der Waals surface area contributed by atoms with Gasteiger partial charge in [-0.05, 0) is 41.9 Å². The van der Waals surface area contributed by atoms with Crippen LogP contribution in [0.5, 0.6) is 0 Å². The third-order valence-electron chi connectivity index (χ3n) is 2.96. The molecule has 1 aromatic rings. The molecule has 1 aliphatic rings. The lowest BCUT2D eigenvalue weighted by Gasteiger charge is -2.31. The van der Waals surface area contributed by atoms with E-state index in [1.165, 1.54) is 6.07 Å². The third-order valence-corrected chi connectivity index (χ3v) is 5.19. The maximum absolute atomic E-state index is 12.9. The fraction of sp³-hybridized carbons (Fsp3) is 0.417. The van der Waals surface area contributed by atoms with Crippen LogP contribution in [0.4, 0.5) is 26.3 Å². The van der Waals surface area contributed by atoms with E-state index >= 15 is 0 Å². The number of hydrogen-bond acceptors (Lipinski definition) is 3. The summed E-state index contributed by atoms with van der Waals surface area (Å²) in [4.78, 5) is 11.0. The summed E-state index contributed by atoms with van der Waals surface area (Å²) in [6, 6.07) is 3.35. The molecule has 0 unspecified atom stereocenters. The first-order valence-corrected chi connectivity index (χ1v) is 7.52. The predicted molar refractivity (Wildman–Crippen MR) is 68.9 cm³/mol. The first-order chi connectivity index (χ1) is 9.97. The van der Waals surface area contributed by atoms with E-state index in [0.717, 1.165) is 12.1 Å². The van der Waals surface area contributed by atoms with Crippen LogP contribution in [0, 0.1) is 5.92 Å². The number of carboxylic acids is 1. The van der Waals surface area contributed by atoms with E-state index in [-0.39, 0.29) is 27.1 Å². The highest BCUT2D eigenvalue weighted by Gasteiger charge is 2.50. The Labute approximate surface area is 129 Å². The van der Waals surface area contributed by atoms with Crippen molar-refractivity contribution >= 4 is 29.5 Å². The Morgan fingerprint density at radius 1 is 1.23 bits per heavy atom. The average Bonchev–Trinajstić information content (AvgIpc) is 2.33. The molecule has 1 N–H and O–H groups in total. The van der Waals surface area contributed by atoms with Crippen LogP contribution in [0.1, 0.15) is 5.56 Å². The molecular weight excluding hydrogens is 354 g/mol. The Bertz CT molecular complexity index is 584. The van der Waals surface area contributed by atoms with Crippen LogP contribution in [-0.2, 0) is 11.2 Å². The van der Waals surface area contributed by atoms with Gasteiger partial charge in [-0.15, -0.1) is 11.8 Å². The largest absolute Gasteiger partial charge is 0.481 e. The minimum atomic E-state index is -4.70. The minimum absolute atomic E-state index is 0.159. The number of rotatable bonds is 2. The summed E-state index contributed by atoms with van der Waals surface area (Å²) in [5, 5.41) is 6.84. The predicted octanol–water partition coefficient (Wildman–Crippen LogP) is 4.58. The summed E-state index contributed by atoms with van der Waals surface area (Å²) in [5.41, 5.74) is -4.33. The van der Waals surface area contributed by atoms with Crippen LogP contribution in [0.2, 0.25) is 0 Å². The maximum atomic E-state index is 12.9. The zero-order valence-corrected chi connectivity index (χ0v) is 12.2. The van der Waals surface area contributed by atoms with Gasteiger partial charge in [0.15, 0.2) is 0 Å². The summed E-state index contributed by atoms with van der Waals surface area (Å²) in [7, 11) is 0. The Morgan fingerprint density at radius 3 is 2.36 bits per heavy atom. The molecule has 10 heteroatoms. The van der Waals surface area contributed by atoms with E-state index in [9.17, 15) is 31.1 Å². The Kier molecular flexibility index (Phi) is 4.63. The van der Waals surface area contributed by atoms with E-state index in [4.69, 9.17) is 5.11 Å². The first kappa shape index (κ1) is 17.3. The molecule has 22 heavy (non-hydrogen) atoms. The lowest BCUT2D eigenvalue weighted by atomic mass is 9.95. The van der Waals surface area contributed by atoms with Gasteiger partial charge in [-0.2, -0.15) is 26.3 Å². The normalized spacial score (nSPS) is 22.3. The number of benzene rings is 1. The van der Waals surface area contributed by atoms with E-state index in [1.54, 1.807) is 0 Å². The second kappa shape index (κ2) is 5.88. The molecule has 0 saturated carbocycles. The lowest BCUT2D eigenvalue weighted by molar-refractivity contribution is -0.160. The summed E-state index contributed by atoms with van der Waals surface area (Å²) in [5.74, 6) is -3.34. The maximum Gasteiger partial charge on any atom is 0.446 e. The number of halogens is 6. The molecule has 0 saturated heterocycles. The highest BCUT2D eigenvalue weighted by Crippen LogP contribution is 2.47. The van der Waals surface area contributed by atoms with Crippen molar-refractivity contribution in [2.75, 3.05) is 0 Å². The molecule has 122 valence electrons. The summed E-state index contributed by atoms with van der Waals surface area (Å²) >= 11 is -0.0587. The third kappa shape index (κ3) is 4.03. The molecular formula is C12H8F6O2S2. The number of hydrogen-bond donors (Lipinski definition) is 1. The number of carboxylic acid groups (broad SMARTS) is 1. The quantitative estimate of drug-likeness (QED) is 0.617. The van der Waals surface area contributed by atoms with Gasteiger partial charge in [0, 0.05) is 9.79 Å². The molecule has 0 amide bonds. The minimum Gasteiger partial charge on any atom is -0.481 e. The molecule has 0 fully saturated rings. The van der Waals surface area contributed by atoms with Gasteiger partial charge in [0.1, 0.15) is 5.25 Å². The van der Waals surface area contributed by atoms with Crippen LogP contribution < -0.4 is 0 Å². The van der Waals surface area contributed by atoms with Gasteiger partial charge in [0.25, 0.3) is 0 Å². The highest BCUT2D eigenvalue weighted by atomic mass is 32.2. The molecule has 0 aromatic heterocycles. The van der Waals surface area contributed by atoms with Gasteiger partial charge in [-0.1, -0.05) is 0 Å². The Hall–Kier alpha value is -1.03. The fourth-order valence-electron chi connectivity index (χ4n) is 2.10. The number of carbonyl (C=O) groups is 1. The molecule has 0 radical (unpaired) electrons. The van der Waals surface area contributed by atoms with Gasteiger partial charge in [0.05, 0.1) is 5.92 Å². The van der Waals surface area contributed by atoms with Gasteiger partial charge in [0.2, 0.25) is 0 Å². The molecule has 2 rings (SSSR count). The molecule has 1 aromatic carbocycles. The molecule has 2 atom stereocenters. The van der Waals surface area contributed by atoms with Crippen molar-refractivity contribution in [1.82, 2.24) is 0 Å². The van der Waals surface area contributed by atoms with Gasteiger partial charge < -0.3 is 5.11 Å². The molecule has 0 spiro atoms. The molecule has 1 heterocycles. The van der Waals surface area contributed by atoms with Gasteiger partial charge in [-0.3, -0.25) is 4.79 Å². The average molecular weight is 362 g/mol. The SMILES string of the molecule is O=C(O)[C@H]1Cc2cc(SC(F)(F)F)ccc2S[C@@H]1C(F)(F)F. The Morgan fingerprint density at radius 2 is 1.86 bits per heavy atom. The molecule has 2 nitrogen and oxygen atoms in total.